The number of amides is 1. The second kappa shape index (κ2) is 10.5. The maximum atomic E-state index is 15.1. The summed E-state index contributed by atoms with van der Waals surface area (Å²) in [5, 5.41) is 10.8. The summed E-state index contributed by atoms with van der Waals surface area (Å²) < 4.78 is 32.8. The molecule has 0 saturated carbocycles. The predicted molar refractivity (Wildman–Crippen MR) is 151 cm³/mol. The van der Waals surface area contributed by atoms with E-state index in [-0.39, 0.29) is 52.4 Å². The van der Waals surface area contributed by atoms with Gasteiger partial charge in [-0.2, -0.15) is 0 Å². The molecule has 3 aliphatic rings. The number of ether oxygens (including phenoxy) is 3. The van der Waals surface area contributed by atoms with Crippen molar-refractivity contribution >= 4 is 23.5 Å². The van der Waals surface area contributed by atoms with Gasteiger partial charge in [-0.25, -0.2) is 14.2 Å². The number of phenols is 1. The molecule has 4 heterocycles. The van der Waals surface area contributed by atoms with Crippen molar-refractivity contribution in [1.29, 1.82) is 0 Å². The van der Waals surface area contributed by atoms with Gasteiger partial charge < -0.3 is 29.1 Å². The van der Waals surface area contributed by atoms with E-state index in [2.05, 4.69) is 23.6 Å². The van der Waals surface area contributed by atoms with Crippen LogP contribution >= 0.6 is 11.6 Å². The fraction of sp³-hybridized carbons (Fsp3) is 0.586. The largest absolute Gasteiger partial charge is 0.507 e. The molecule has 9 nitrogen and oxygen atoms in total. The molecular weight excluding hydrogens is 539 g/mol. The van der Waals surface area contributed by atoms with E-state index in [4.69, 9.17) is 30.8 Å². The Hall–Kier alpha value is -2.82. The number of aromatic nitrogens is 1. The molecule has 1 aromatic carbocycles. The van der Waals surface area contributed by atoms with Crippen molar-refractivity contribution in [3.8, 4) is 22.8 Å². The van der Waals surface area contributed by atoms with Crippen LogP contribution in [-0.2, 0) is 16.0 Å². The van der Waals surface area contributed by atoms with Gasteiger partial charge in [0.05, 0.1) is 23.3 Å². The number of hydrogen-bond donors (Lipinski definition) is 1. The third kappa shape index (κ3) is 5.41. The first kappa shape index (κ1) is 28.7. The van der Waals surface area contributed by atoms with E-state index in [9.17, 15) is 9.90 Å². The molecule has 40 heavy (non-hydrogen) atoms. The lowest BCUT2D eigenvalue weighted by Crippen LogP contribution is -2.56. The molecule has 0 bridgehead atoms. The molecule has 2 saturated heterocycles. The van der Waals surface area contributed by atoms with Crippen LogP contribution in [0.5, 0.6) is 11.5 Å². The highest BCUT2D eigenvalue weighted by atomic mass is 35.5. The van der Waals surface area contributed by atoms with E-state index in [1.165, 1.54) is 18.2 Å². The molecular formula is C29H38ClFN4O5. The SMILES string of the molecule is COC1CN(c2nc(-c3c(O)cccc3F)c(Cl)c3c2CN2CCN(C(=O)OC(C)(C)C)C[C@@H]2CO3)C(C)(C)C1. The van der Waals surface area contributed by atoms with Crippen LogP contribution in [0.25, 0.3) is 11.3 Å². The number of methoxy groups -OCH3 is 1. The number of pyridine rings is 1. The Morgan fingerprint density at radius 3 is 2.65 bits per heavy atom. The number of phenolic OH excluding ortho intramolecular Hbond substituents is 1. The summed E-state index contributed by atoms with van der Waals surface area (Å²) in [6.07, 6.45) is 0.419. The van der Waals surface area contributed by atoms with Gasteiger partial charge in [0.1, 0.15) is 46.1 Å². The summed E-state index contributed by atoms with van der Waals surface area (Å²) in [5.41, 5.74) is -0.0557. The minimum absolute atomic E-state index is 0.00902. The summed E-state index contributed by atoms with van der Waals surface area (Å²) in [6, 6.07) is 4.01. The van der Waals surface area contributed by atoms with E-state index in [1.54, 1.807) is 12.0 Å². The number of benzene rings is 1. The molecule has 2 aromatic rings. The Kier molecular flexibility index (Phi) is 7.56. The second-order valence-corrected chi connectivity index (χ2v) is 12.8. The molecule has 5 rings (SSSR count). The first-order valence-electron chi connectivity index (χ1n) is 13.6. The normalized spacial score (nSPS) is 22.8. The number of piperazine rings is 1. The van der Waals surface area contributed by atoms with Crippen molar-refractivity contribution < 1.29 is 28.5 Å². The van der Waals surface area contributed by atoms with Crippen LogP contribution < -0.4 is 9.64 Å². The number of aromatic hydroxyl groups is 1. The van der Waals surface area contributed by atoms with Gasteiger partial charge in [0.2, 0.25) is 0 Å². The molecule has 1 amide bonds. The lowest BCUT2D eigenvalue weighted by molar-refractivity contribution is -0.00154. The molecule has 1 unspecified atom stereocenters. The maximum absolute atomic E-state index is 15.1. The van der Waals surface area contributed by atoms with Crippen molar-refractivity contribution in [3.63, 3.8) is 0 Å². The molecule has 11 heteroatoms. The number of anilines is 1. The number of carbonyl (C=O) groups excluding carboxylic acids is 1. The first-order chi connectivity index (χ1) is 18.8. The Labute approximate surface area is 239 Å². The summed E-state index contributed by atoms with van der Waals surface area (Å²) in [5.74, 6) is 0.153. The number of rotatable bonds is 3. The highest BCUT2D eigenvalue weighted by Crippen LogP contribution is 2.48. The third-order valence-corrected chi connectivity index (χ3v) is 8.22. The van der Waals surface area contributed by atoms with Crippen LogP contribution in [0.3, 0.4) is 0 Å². The summed E-state index contributed by atoms with van der Waals surface area (Å²) in [7, 11) is 1.70. The van der Waals surface area contributed by atoms with Crippen molar-refractivity contribution in [2.45, 2.75) is 70.9 Å². The van der Waals surface area contributed by atoms with E-state index in [0.29, 0.717) is 44.3 Å². The zero-order valence-corrected chi connectivity index (χ0v) is 24.7. The minimum atomic E-state index is -0.630. The van der Waals surface area contributed by atoms with Crippen molar-refractivity contribution in [2.75, 3.05) is 44.8 Å². The summed E-state index contributed by atoms with van der Waals surface area (Å²) in [4.78, 5) is 23.9. The van der Waals surface area contributed by atoms with Crippen LogP contribution in [0.2, 0.25) is 5.02 Å². The van der Waals surface area contributed by atoms with Crippen LogP contribution in [-0.4, -0.2) is 89.2 Å². The Morgan fingerprint density at radius 2 is 2.00 bits per heavy atom. The van der Waals surface area contributed by atoms with Gasteiger partial charge in [0.15, 0.2) is 0 Å². The quantitative estimate of drug-likeness (QED) is 0.542. The number of carbonyl (C=O) groups is 1. The molecule has 2 atom stereocenters. The summed E-state index contributed by atoms with van der Waals surface area (Å²) in [6.45, 7) is 12.7. The van der Waals surface area contributed by atoms with Gasteiger partial charge in [-0.15, -0.1) is 0 Å². The number of nitrogens with zero attached hydrogens (tertiary/aromatic N) is 4. The second-order valence-electron chi connectivity index (χ2n) is 12.4. The van der Waals surface area contributed by atoms with Gasteiger partial charge in [-0.1, -0.05) is 17.7 Å². The molecule has 1 aromatic heterocycles. The van der Waals surface area contributed by atoms with Crippen LogP contribution in [0, 0.1) is 5.82 Å². The van der Waals surface area contributed by atoms with Gasteiger partial charge in [0.25, 0.3) is 0 Å². The van der Waals surface area contributed by atoms with E-state index < -0.39 is 11.4 Å². The standard InChI is InChI=1S/C29H38ClFN4O5/c1-28(2,3)40-27(37)34-11-10-33-15-19-25(39-16-17(33)13-34)23(30)24(22-20(31)8-7-9-21(22)36)32-26(19)35-14-18(38-6)12-29(35,4)5/h7-9,17-18,36H,10-16H2,1-6H3/t17-,18?/m1/s1. The van der Waals surface area contributed by atoms with E-state index in [0.717, 1.165) is 12.0 Å². The topological polar surface area (TPSA) is 87.6 Å². The molecule has 0 spiro atoms. The molecule has 0 radical (unpaired) electrons. The maximum Gasteiger partial charge on any atom is 0.410 e. The molecule has 218 valence electrons. The van der Waals surface area contributed by atoms with Gasteiger partial charge >= 0.3 is 6.09 Å². The highest BCUT2D eigenvalue weighted by Gasteiger charge is 2.43. The van der Waals surface area contributed by atoms with Gasteiger partial charge in [-0.05, 0) is 53.2 Å². The van der Waals surface area contributed by atoms with E-state index >= 15 is 4.39 Å². The van der Waals surface area contributed by atoms with Gasteiger partial charge in [-0.3, -0.25) is 4.90 Å². The Balaban J connectivity index is 1.57. The van der Waals surface area contributed by atoms with E-state index in [1.807, 2.05) is 20.8 Å². The van der Waals surface area contributed by atoms with Gasteiger partial charge in [0, 0.05) is 45.4 Å². The number of hydrogen-bond acceptors (Lipinski definition) is 8. The van der Waals surface area contributed by atoms with Crippen LogP contribution in [0.4, 0.5) is 15.0 Å². The smallest absolute Gasteiger partial charge is 0.410 e. The Morgan fingerprint density at radius 1 is 1.25 bits per heavy atom. The highest BCUT2D eigenvalue weighted by molar-refractivity contribution is 6.35. The van der Waals surface area contributed by atoms with Crippen LogP contribution in [0.1, 0.15) is 46.6 Å². The number of halogens is 2. The lowest BCUT2D eigenvalue weighted by atomic mass is 10.00. The minimum Gasteiger partial charge on any atom is -0.507 e. The fourth-order valence-electron chi connectivity index (χ4n) is 5.84. The molecule has 2 fully saturated rings. The molecule has 3 aliphatic heterocycles. The monoisotopic (exact) mass is 576 g/mol. The zero-order chi connectivity index (χ0) is 29.0. The zero-order valence-electron chi connectivity index (χ0n) is 24.0. The fourth-order valence-corrected chi connectivity index (χ4v) is 6.15. The average molecular weight is 577 g/mol. The third-order valence-electron chi connectivity index (χ3n) is 7.87. The van der Waals surface area contributed by atoms with Crippen molar-refractivity contribution in [2.24, 2.45) is 0 Å². The Bertz CT molecular complexity index is 1280. The number of fused-ring (bicyclic) bond motifs is 2. The van der Waals surface area contributed by atoms with Crippen molar-refractivity contribution in [3.05, 3.63) is 34.6 Å². The van der Waals surface area contributed by atoms with Crippen molar-refractivity contribution in [1.82, 2.24) is 14.8 Å². The first-order valence-corrected chi connectivity index (χ1v) is 14.0. The summed E-state index contributed by atoms with van der Waals surface area (Å²) >= 11 is 6.92. The average Bonchev–Trinajstić information content (AvgIpc) is 3.05. The molecule has 1 N–H and O–H groups in total. The molecule has 0 aliphatic carbocycles. The lowest BCUT2D eigenvalue weighted by Gasteiger charge is -2.40. The van der Waals surface area contributed by atoms with Crippen LogP contribution in [0.15, 0.2) is 18.2 Å². The predicted octanol–water partition coefficient (Wildman–Crippen LogP) is 5.06.